The zero-order chi connectivity index (χ0) is 15.1. The van der Waals surface area contributed by atoms with Gasteiger partial charge in [0.1, 0.15) is 5.56 Å². The summed E-state index contributed by atoms with van der Waals surface area (Å²) in [6.45, 7) is 1.63. The van der Waals surface area contributed by atoms with E-state index in [0.29, 0.717) is 17.0 Å². The molecule has 2 heterocycles. The van der Waals surface area contributed by atoms with Crippen molar-refractivity contribution in [1.29, 1.82) is 0 Å². The topological polar surface area (TPSA) is 123 Å². The van der Waals surface area contributed by atoms with Gasteiger partial charge in [-0.25, -0.2) is 13.4 Å². The van der Waals surface area contributed by atoms with E-state index < -0.39 is 21.3 Å². The van der Waals surface area contributed by atoms with Crippen molar-refractivity contribution in [3.8, 4) is 11.3 Å². The fourth-order valence-corrected chi connectivity index (χ4v) is 3.27. The van der Waals surface area contributed by atoms with Gasteiger partial charge >= 0.3 is 0 Å². The SMILES string of the molecule is Cc1[nH]c(=O)c(C(N)=O)cc1-c1csc(S(C)(=O)=O)n1. The van der Waals surface area contributed by atoms with Crippen molar-refractivity contribution in [2.45, 2.75) is 11.3 Å². The Bertz CT molecular complexity index is 849. The van der Waals surface area contributed by atoms with Gasteiger partial charge in [-0.3, -0.25) is 9.59 Å². The number of amides is 1. The number of aromatic nitrogens is 2. The number of nitrogens with two attached hydrogens (primary N) is 1. The number of thiazole rings is 1. The summed E-state index contributed by atoms with van der Waals surface area (Å²) in [6, 6.07) is 1.32. The molecule has 9 heteroatoms. The highest BCUT2D eigenvalue weighted by molar-refractivity contribution is 7.92. The predicted octanol–water partition coefficient (Wildman–Crippen LogP) is 0.309. The normalized spacial score (nSPS) is 11.5. The Morgan fingerprint density at radius 1 is 1.45 bits per heavy atom. The second-order valence-electron chi connectivity index (χ2n) is 4.19. The third-order valence-corrected chi connectivity index (χ3v) is 5.14. The Morgan fingerprint density at radius 3 is 2.60 bits per heavy atom. The molecule has 2 aromatic rings. The van der Waals surface area contributed by atoms with Crippen LogP contribution in [0.15, 0.2) is 20.6 Å². The molecule has 0 fully saturated rings. The summed E-state index contributed by atoms with van der Waals surface area (Å²) in [7, 11) is -3.39. The maximum absolute atomic E-state index is 11.6. The van der Waals surface area contributed by atoms with Gasteiger partial charge in [0.15, 0.2) is 0 Å². The monoisotopic (exact) mass is 313 g/mol. The smallest absolute Gasteiger partial charge is 0.261 e. The molecule has 0 spiro atoms. The first-order valence-corrected chi connectivity index (χ1v) is 8.17. The van der Waals surface area contributed by atoms with Gasteiger partial charge in [0.05, 0.1) is 5.69 Å². The predicted molar refractivity (Wildman–Crippen MR) is 74.5 cm³/mol. The Balaban J connectivity index is 2.64. The number of nitrogens with zero attached hydrogens (tertiary/aromatic N) is 1. The molecule has 0 atom stereocenters. The molecular weight excluding hydrogens is 302 g/mol. The zero-order valence-electron chi connectivity index (χ0n) is 10.6. The first-order chi connectivity index (χ1) is 9.20. The maximum Gasteiger partial charge on any atom is 0.261 e. The molecule has 0 radical (unpaired) electrons. The van der Waals surface area contributed by atoms with Gasteiger partial charge in [-0.05, 0) is 13.0 Å². The summed E-state index contributed by atoms with van der Waals surface area (Å²) in [5.74, 6) is -0.855. The summed E-state index contributed by atoms with van der Waals surface area (Å²) in [5.41, 5.74) is 5.64. The summed E-state index contributed by atoms with van der Waals surface area (Å²) in [6.07, 6.45) is 1.06. The van der Waals surface area contributed by atoms with Crippen LogP contribution < -0.4 is 11.3 Å². The van der Waals surface area contributed by atoms with Gasteiger partial charge in [0.25, 0.3) is 11.5 Å². The number of primary amides is 1. The molecule has 0 aromatic carbocycles. The lowest BCUT2D eigenvalue weighted by Crippen LogP contribution is -2.24. The molecule has 106 valence electrons. The highest BCUT2D eigenvalue weighted by atomic mass is 32.2. The van der Waals surface area contributed by atoms with Crippen molar-refractivity contribution in [3.05, 3.63) is 33.1 Å². The lowest BCUT2D eigenvalue weighted by molar-refractivity contribution is 0.0999. The van der Waals surface area contributed by atoms with E-state index in [1.54, 1.807) is 12.3 Å². The average Bonchev–Trinajstić information content (AvgIpc) is 2.77. The van der Waals surface area contributed by atoms with E-state index in [-0.39, 0.29) is 9.90 Å². The number of pyridine rings is 1. The van der Waals surface area contributed by atoms with E-state index in [1.165, 1.54) is 6.07 Å². The van der Waals surface area contributed by atoms with Crippen LogP contribution >= 0.6 is 11.3 Å². The van der Waals surface area contributed by atoms with E-state index >= 15 is 0 Å². The third kappa shape index (κ3) is 2.63. The molecule has 2 rings (SSSR count). The average molecular weight is 313 g/mol. The van der Waals surface area contributed by atoms with E-state index in [0.717, 1.165) is 17.6 Å². The second kappa shape index (κ2) is 4.84. The van der Waals surface area contributed by atoms with Gasteiger partial charge in [-0.15, -0.1) is 11.3 Å². The fraction of sp³-hybridized carbons (Fsp3) is 0.182. The summed E-state index contributed by atoms with van der Waals surface area (Å²) >= 11 is 0.971. The van der Waals surface area contributed by atoms with Crippen molar-refractivity contribution in [2.75, 3.05) is 6.26 Å². The molecule has 0 unspecified atom stereocenters. The Hall–Kier alpha value is -2.00. The lowest BCUT2D eigenvalue weighted by atomic mass is 10.1. The number of hydrogen-bond donors (Lipinski definition) is 2. The van der Waals surface area contributed by atoms with Crippen molar-refractivity contribution >= 4 is 27.1 Å². The van der Waals surface area contributed by atoms with Crippen molar-refractivity contribution < 1.29 is 13.2 Å². The molecule has 0 aliphatic carbocycles. The van der Waals surface area contributed by atoms with Crippen LogP contribution in [-0.2, 0) is 9.84 Å². The van der Waals surface area contributed by atoms with Crippen LogP contribution in [-0.4, -0.2) is 30.5 Å². The minimum absolute atomic E-state index is 0.0290. The third-order valence-electron chi connectivity index (χ3n) is 2.58. The molecular formula is C11H11N3O4S2. The largest absolute Gasteiger partial charge is 0.365 e. The summed E-state index contributed by atoms with van der Waals surface area (Å²) < 4.78 is 22.8. The Morgan fingerprint density at radius 2 is 2.10 bits per heavy atom. The van der Waals surface area contributed by atoms with Crippen molar-refractivity contribution in [1.82, 2.24) is 9.97 Å². The van der Waals surface area contributed by atoms with Gasteiger partial charge < -0.3 is 10.7 Å². The first kappa shape index (κ1) is 14.4. The minimum Gasteiger partial charge on any atom is -0.365 e. The Kier molecular flexibility index (Phi) is 3.48. The molecule has 1 amide bonds. The minimum atomic E-state index is -3.39. The van der Waals surface area contributed by atoms with E-state index in [1.807, 2.05) is 0 Å². The molecule has 0 bridgehead atoms. The molecule has 20 heavy (non-hydrogen) atoms. The van der Waals surface area contributed by atoms with Gasteiger partial charge in [0, 0.05) is 22.9 Å². The Labute approximate surface area is 118 Å². The second-order valence-corrected chi connectivity index (χ2v) is 7.23. The first-order valence-electron chi connectivity index (χ1n) is 5.40. The molecule has 0 saturated heterocycles. The van der Waals surface area contributed by atoms with E-state index in [2.05, 4.69) is 9.97 Å². The molecule has 0 aliphatic heterocycles. The molecule has 3 N–H and O–H groups in total. The fourth-order valence-electron chi connectivity index (χ4n) is 1.62. The van der Waals surface area contributed by atoms with Gasteiger partial charge in [-0.2, -0.15) is 0 Å². The van der Waals surface area contributed by atoms with Gasteiger partial charge in [0.2, 0.25) is 14.2 Å². The number of nitrogens with one attached hydrogen (secondary N) is 1. The summed E-state index contributed by atoms with van der Waals surface area (Å²) in [4.78, 5) is 29.2. The highest BCUT2D eigenvalue weighted by Gasteiger charge is 2.17. The van der Waals surface area contributed by atoms with Crippen LogP contribution in [0, 0.1) is 6.92 Å². The van der Waals surface area contributed by atoms with Crippen LogP contribution in [0.3, 0.4) is 0 Å². The molecule has 0 aliphatic rings. The zero-order valence-corrected chi connectivity index (χ0v) is 12.3. The maximum atomic E-state index is 11.6. The van der Waals surface area contributed by atoms with Gasteiger partial charge in [-0.1, -0.05) is 0 Å². The van der Waals surface area contributed by atoms with Crippen molar-refractivity contribution in [3.63, 3.8) is 0 Å². The van der Waals surface area contributed by atoms with Crippen molar-refractivity contribution in [2.24, 2.45) is 5.73 Å². The van der Waals surface area contributed by atoms with Crippen LogP contribution in [0.2, 0.25) is 0 Å². The van der Waals surface area contributed by atoms with E-state index in [4.69, 9.17) is 5.73 Å². The molecule has 0 saturated carbocycles. The number of carbonyl (C=O) groups is 1. The van der Waals surface area contributed by atoms with E-state index in [9.17, 15) is 18.0 Å². The molecule has 2 aromatic heterocycles. The number of H-pyrrole nitrogens is 1. The van der Waals surface area contributed by atoms with Crippen LogP contribution in [0.25, 0.3) is 11.3 Å². The number of rotatable bonds is 3. The molecule has 7 nitrogen and oxygen atoms in total. The van der Waals surface area contributed by atoms with Crippen LogP contribution in [0.4, 0.5) is 0 Å². The number of aryl methyl sites for hydroxylation is 1. The number of aromatic amines is 1. The standard InChI is InChI=1S/C11H11N3O4S2/c1-5-6(3-7(9(12)15)10(16)13-5)8-4-19-11(14-8)20(2,17)18/h3-4H,1-2H3,(H2,12,15)(H,13,16). The number of hydrogen-bond acceptors (Lipinski definition) is 6. The lowest BCUT2D eigenvalue weighted by Gasteiger charge is -2.04. The summed E-state index contributed by atoms with van der Waals surface area (Å²) in [5, 5.41) is 1.54. The number of carbonyl (C=O) groups excluding carboxylic acids is 1. The van der Waals surface area contributed by atoms with Crippen LogP contribution in [0.5, 0.6) is 0 Å². The quantitative estimate of drug-likeness (QED) is 0.844. The highest BCUT2D eigenvalue weighted by Crippen LogP contribution is 2.26. The number of sulfone groups is 1. The van der Waals surface area contributed by atoms with Crippen LogP contribution in [0.1, 0.15) is 16.1 Å².